The molecule has 0 aliphatic heterocycles. The number of hydrogen-bond donors (Lipinski definition) is 1. The molecular formula is C14H15ClN2O3. The van der Waals surface area contributed by atoms with Gasteiger partial charge in [0.1, 0.15) is 12.4 Å². The number of benzene rings is 1. The fourth-order valence-electron chi connectivity index (χ4n) is 1.85. The summed E-state index contributed by atoms with van der Waals surface area (Å²) < 4.78 is 7.42. The molecule has 2 aromatic rings. The predicted octanol–water partition coefficient (Wildman–Crippen LogP) is 3.14. The second-order valence-corrected chi connectivity index (χ2v) is 4.66. The molecule has 1 N–H and O–H groups in total. The summed E-state index contributed by atoms with van der Waals surface area (Å²) in [5.41, 5.74) is 1.81. The van der Waals surface area contributed by atoms with E-state index in [0.717, 1.165) is 11.4 Å². The molecule has 1 aromatic carbocycles. The summed E-state index contributed by atoms with van der Waals surface area (Å²) in [5.74, 6) is -0.369. The van der Waals surface area contributed by atoms with E-state index in [9.17, 15) is 4.79 Å². The summed E-state index contributed by atoms with van der Waals surface area (Å²) in [7, 11) is 0. The zero-order chi connectivity index (χ0) is 14.7. The van der Waals surface area contributed by atoms with Crippen LogP contribution in [0.2, 0.25) is 5.02 Å². The number of aromatic nitrogens is 2. The summed E-state index contributed by atoms with van der Waals surface area (Å²) in [6, 6.07) is 6.25. The molecule has 0 fully saturated rings. The number of halogens is 1. The van der Waals surface area contributed by atoms with Crippen LogP contribution in [-0.2, 0) is 13.2 Å². The SMILES string of the molecule is CCn1nc(C)c(Cl)c1COc1ccc(C(=O)O)cc1. The van der Waals surface area contributed by atoms with Crippen LogP contribution in [0.5, 0.6) is 5.75 Å². The number of rotatable bonds is 5. The van der Waals surface area contributed by atoms with Gasteiger partial charge in [0.25, 0.3) is 0 Å². The second kappa shape index (κ2) is 5.96. The number of ether oxygens (including phenoxy) is 1. The summed E-state index contributed by atoms with van der Waals surface area (Å²) >= 11 is 6.18. The van der Waals surface area contributed by atoms with Crippen molar-refractivity contribution in [2.45, 2.75) is 27.0 Å². The fourth-order valence-corrected chi connectivity index (χ4v) is 2.04. The van der Waals surface area contributed by atoms with E-state index in [4.69, 9.17) is 21.4 Å². The van der Waals surface area contributed by atoms with Crippen molar-refractivity contribution in [3.63, 3.8) is 0 Å². The number of hydrogen-bond acceptors (Lipinski definition) is 3. The van der Waals surface area contributed by atoms with Crippen LogP contribution in [0, 0.1) is 6.92 Å². The van der Waals surface area contributed by atoms with Crippen molar-refractivity contribution in [1.29, 1.82) is 0 Å². The van der Waals surface area contributed by atoms with Crippen molar-refractivity contribution in [3.8, 4) is 5.75 Å². The van der Waals surface area contributed by atoms with E-state index in [1.807, 2.05) is 13.8 Å². The Morgan fingerprint density at radius 2 is 2.05 bits per heavy atom. The molecule has 106 valence electrons. The van der Waals surface area contributed by atoms with Gasteiger partial charge >= 0.3 is 5.97 Å². The van der Waals surface area contributed by atoms with Gasteiger partial charge in [-0.1, -0.05) is 11.6 Å². The van der Waals surface area contributed by atoms with Gasteiger partial charge in [-0.3, -0.25) is 4.68 Å². The third kappa shape index (κ3) is 2.93. The molecule has 0 unspecified atom stereocenters. The molecule has 0 radical (unpaired) electrons. The molecule has 0 saturated carbocycles. The smallest absolute Gasteiger partial charge is 0.335 e. The molecule has 6 heteroatoms. The predicted molar refractivity (Wildman–Crippen MR) is 75.4 cm³/mol. The largest absolute Gasteiger partial charge is 0.487 e. The maximum Gasteiger partial charge on any atom is 0.335 e. The van der Waals surface area contributed by atoms with E-state index < -0.39 is 5.97 Å². The molecule has 2 rings (SSSR count). The Kier molecular flexibility index (Phi) is 4.29. The maximum absolute atomic E-state index is 10.8. The lowest BCUT2D eigenvalue weighted by Crippen LogP contribution is -2.06. The normalized spacial score (nSPS) is 10.6. The Labute approximate surface area is 121 Å². The Bertz CT molecular complexity index is 620. The van der Waals surface area contributed by atoms with Gasteiger partial charge in [-0.2, -0.15) is 5.10 Å². The molecule has 1 heterocycles. The average molecular weight is 295 g/mol. The van der Waals surface area contributed by atoms with E-state index >= 15 is 0 Å². The minimum atomic E-state index is -0.959. The van der Waals surface area contributed by atoms with Gasteiger partial charge in [-0.05, 0) is 38.1 Å². The monoisotopic (exact) mass is 294 g/mol. The van der Waals surface area contributed by atoms with Crippen molar-refractivity contribution < 1.29 is 14.6 Å². The lowest BCUT2D eigenvalue weighted by Gasteiger charge is -2.08. The van der Waals surface area contributed by atoms with Crippen LogP contribution in [0.15, 0.2) is 24.3 Å². The highest BCUT2D eigenvalue weighted by Gasteiger charge is 2.13. The van der Waals surface area contributed by atoms with Gasteiger partial charge in [0.2, 0.25) is 0 Å². The molecule has 0 bridgehead atoms. The Morgan fingerprint density at radius 3 is 2.60 bits per heavy atom. The zero-order valence-electron chi connectivity index (χ0n) is 11.3. The molecule has 0 amide bonds. The van der Waals surface area contributed by atoms with Crippen molar-refractivity contribution in [2.24, 2.45) is 0 Å². The van der Waals surface area contributed by atoms with Gasteiger partial charge in [-0.25, -0.2) is 4.79 Å². The number of carboxylic acids is 1. The summed E-state index contributed by atoms with van der Waals surface area (Å²) in [5, 5.41) is 13.7. The highest BCUT2D eigenvalue weighted by atomic mass is 35.5. The maximum atomic E-state index is 10.8. The summed E-state index contributed by atoms with van der Waals surface area (Å²) in [6.07, 6.45) is 0. The molecule has 20 heavy (non-hydrogen) atoms. The second-order valence-electron chi connectivity index (χ2n) is 4.28. The number of carbonyl (C=O) groups is 1. The first-order valence-electron chi connectivity index (χ1n) is 6.20. The van der Waals surface area contributed by atoms with Gasteiger partial charge in [0.15, 0.2) is 0 Å². The van der Waals surface area contributed by atoms with Gasteiger partial charge in [0.05, 0.1) is 22.0 Å². The van der Waals surface area contributed by atoms with Crippen LogP contribution in [-0.4, -0.2) is 20.9 Å². The molecular weight excluding hydrogens is 280 g/mol. The van der Waals surface area contributed by atoms with Crippen molar-refractivity contribution in [3.05, 3.63) is 46.2 Å². The number of carboxylic acid groups (broad SMARTS) is 1. The first-order chi connectivity index (χ1) is 9.52. The van der Waals surface area contributed by atoms with Crippen LogP contribution in [0.4, 0.5) is 0 Å². The van der Waals surface area contributed by atoms with Crippen molar-refractivity contribution >= 4 is 17.6 Å². The lowest BCUT2D eigenvalue weighted by atomic mass is 10.2. The molecule has 0 saturated heterocycles. The van der Waals surface area contributed by atoms with E-state index in [0.29, 0.717) is 23.9 Å². The van der Waals surface area contributed by atoms with E-state index in [2.05, 4.69) is 5.10 Å². The van der Waals surface area contributed by atoms with Crippen LogP contribution in [0.3, 0.4) is 0 Å². The highest BCUT2D eigenvalue weighted by Crippen LogP contribution is 2.22. The third-order valence-corrected chi connectivity index (χ3v) is 3.42. The first kappa shape index (κ1) is 14.4. The number of aromatic carboxylic acids is 1. The van der Waals surface area contributed by atoms with Crippen LogP contribution in [0.1, 0.15) is 28.7 Å². The van der Waals surface area contributed by atoms with Crippen LogP contribution >= 0.6 is 11.6 Å². The van der Waals surface area contributed by atoms with Crippen molar-refractivity contribution in [2.75, 3.05) is 0 Å². The Morgan fingerprint density at radius 1 is 1.40 bits per heavy atom. The third-order valence-electron chi connectivity index (χ3n) is 2.93. The molecule has 0 spiro atoms. The lowest BCUT2D eigenvalue weighted by molar-refractivity contribution is 0.0697. The molecule has 0 aliphatic rings. The standard InChI is InChI=1S/C14H15ClN2O3/c1-3-17-12(13(15)9(2)16-17)8-20-11-6-4-10(5-7-11)14(18)19/h4-7H,3,8H2,1-2H3,(H,18,19). The summed E-state index contributed by atoms with van der Waals surface area (Å²) in [4.78, 5) is 10.8. The van der Waals surface area contributed by atoms with Gasteiger partial charge in [-0.15, -0.1) is 0 Å². The number of nitrogens with zero attached hydrogens (tertiary/aromatic N) is 2. The quantitative estimate of drug-likeness (QED) is 0.920. The van der Waals surface area contributed by atoms with Gasteiger partial charge in [0, 0.05) is 6.54 Å². The Hall–Kier alpha value is -2.01. The summed E-state index contributed by atoms with van der Waals surface area (Å²) in [6.45, 7) is 4.83. The van der Waals surface area contributed by atoms with Crippen LogP contribution in [0.25, 0.3) is 0 Å². The zero-order valence-corrected chi connectivity index (χ0v) is 12.0. The first-order valence-corrected chi connectivity index (χ1v) is 6.58. The van der Waals surface area contributed by atoms with Crippen LogP contribution < -0.4 is 4.74 Å². The number of aryl methyl sites for hydroxylation is 2. The Balaban J connectivity index is 2.10. The topological polar surface area (TPSA) is 64.4 Å². The highest BCUT2D eigenvalue weighted by molar-refractivity contribution is 6.31. The molecule has 1 aromatic heterocycles. The minimum Gasteiger partial charge on any atom is -0.487 e. The van der Waals surface area contributed by atoms with Gasteiger partial charge < -0.3 is 9.84 Å². The van der Waals surface area contributed by atoms with E-state index in [1.165, 1.54) is 12.1 Å². The van der Waals surface area contributed by atoms with E-state index in [-0.39, 0.29) is 5.56 Å². The average Bonchev–Trinajstić information content (AvgIpc) is 2.72. The minimum absolute atomic E-state index is 0.227. The molecule has 0 atom stereocenters. The molecule has 5 nitrogen and oxygen atoms in total. The fraction of sp³-hybridized carbons (Fsp3) is 0.286. The van der Waals surface area contributed by atoms with Crippen molar-refractivity contribution in [1.82, 2.24) is 9.78 Å². The van der Waals surface area contributed by atoms with E-state index in [1.54, 1.807) is 16.8 Å². The molecule has 0 aliphatic carbocycles.